The highest BCUT2D eigenvalue weighted by Gasteiger charge is 2.39. The number of alkyl halides is 3. The lowest BCUT2D eigenvalue weighted by atomic mass is 10.2. The van der Waals surface area contributed by atoms with Crippen molar-refractivity contribution in [2.75, 3.05) is 12.3 Å². The van der Waals surface area contributed by atoms with Crippen LogP contribution in [0.1, 0.15) is 18.2 Å². The van der Waals surface area contributed by atoms with E-state index >= 15 is 0 Å². The van der Waals surface area contributed by atoms with E-state index in [1.165, 1.54) is 10.8 Å². The molecule has 0 aliphatic carbocycles. The molecule has 2 aromatic rings. The number of H-pyrrole nitrogens is 1. The van der Waals surface area contributed by atoms with Crippen molar-refractivity contribution in [1.29, 1.82) is 0 Å². The summed E-state index contributed by atoms with van der Waals surface area (Å²) < 4.78 is 44.0. The SMILES string of the molecule is Nc1nc2c(c(CNC(=O)C(F)(F)F)cn2C2CC(O)C(CO)O2)c(=O)[nH]1. The van der Waals surface area contributed by atoms with Crippen LogP contribution >= 0.6 is 0 Å². The number of rotatable bonds is 4. The number of aliphatic hydroxyl groups excluding tert-OH is 2. The number of fused-ring (bicyclic) bond motifs is 1. The Bertz CT molecular complexity index is 924. The summed E-state index contributed by atoms with van der Waals surface area (Å²) in [6.07, 6.45) is -6.40. The molecule has 0 spiro atoms. The van der Waals surface area contributed by atoms with Crippen LogP contribution in [0.15, 0.2) is 11.0 Å². The first-order chi connectivity index (χ1) is 12.6. The zero-order valence-electron chi connectivity index (χ0n) is 13.7. The van der Waals surface area contributed by atoms with Gasteiger partial charge in [-0.25, -0.2) is 0 Å². The fourth-order valence-electron chi connectivity index (χ4n) is 2.93. The van der Waals surface area contributed by atoms with Crippen molar-refractivity contribution in [3.63, 3.8) is 0 Å². The molecule has 0 aromatic carbocycles. The van der Waals surface area contributed by atoms with E-state index in [4.69, 9.17) is 10.5 Å². The van der Waals surface area contributed by atoms with E-state index in [2.05, 4.69) is 9.97 Å². The quantitative estimate of drug-likeness (QED) is 0.453. The van der Waals surface area contributed by atoms with Crippen molar-refractivity contribution < 1.29 is 32.9 Å². The Labute approximate surface area is 148 Å². The smallest absolute Gasteiger partial charge is 0.394 e. The summed E-state index contributed by atoms with van der Waals surface area (Å²) in [6, 6.07) is 0. The number of anilines is 1. The van der Waals surface area contributed by atoms with Gasteiger partial charge in [-0.15, -0.1) is 0 Å². The maximum Gasteiger partial charge on any atom is 0.471 e. The second kappa shape index (κ2) is 6.83. The van der Waals surface area contributed by atoms with Crippen molar-refractivity contribution in [2.45, 2.75) is 37.6 Å². The van der Waals surface area contributed by atoms with E-state index in [1.54, 1.807) is 5.32 Å². The van der Waals surface area contributed by atoms with E-state index in [9.17, 15) is 33.0 Å². The molecule has 2 aromatic heterocycles. The van der Waals surface area contributed by atoms with Gasteiger partial charge in [0.2, 0.25) is 5.95 Å². The van der Waals surface area contributed by atoms with E-state index in [0.717, 1.165) is 0 Å². The second-order valence-corrected chi connectivity index (χ2v) is 6.01. The second-order valence-electron chi connectivity index (χ2n) is 6.01. The van der Waals surface area contributed by atoms with Crippen molar-refractivity contribution in [3.8, 4) is 0 Å². The number of hydrogen-bond donors (Lipinski definition) is 5. The Morgan fingerprint density at radius 1 is 1.52 bits per heavy atom. The van der Waals surface area contributed by atoms with Crippen molar-refractivity contribution >= 4 is 22.9 Å². The maximum absolute atomic E-state index is 12.4. The van der Waals surface area contributed by atoms with Gasteiger partial charge in [-0.3, -0.25) is 14.6 Å². The van der Waals surface area contributed by atoms with Crippen molar-refractivity contribution in [1.82, 2.24) is 19.9 Å². The topological polar surface area (TPSA) is 155 Å². The number of hydrogen-bond acceptors (Lipinski definition) is 7. The molecule has 3 heterocycles. The van der Waals surface area contributed by atoms with Crippen LogP contribution < -0.4 is 16.6 Å². The third-order valence-corrected chi connectivity index (χ3v) is 4.17. The fraction of sp³-hybridized carbons (Fsp3) is 0.500. The number of aliphatic hydroxyl groups is 2. The normalized spacial score (nSPS) is 23.1. The summed E-state index contributed by atoms with van der Waals surface area (Å²) in [4.78, 5) is 29.5. The third-order valence-electron chi connectivity index (χ3n) is 4.17. The molecule has 1 aliphatic heterocycles. The summed E-state index contributed by atoms with van der Waals surface area (Å²) in [5, 5.41) is 20.7. The first-order valence-corrected chi connectivity index (χ1v) is 7.80. The predicted molar refractivity (Wildman–Crippen MR) is 84.3 cm³/mol. The fourth-order valence-corrected chi connectivity index (χ4v) is 2.93. The van der Waals surface area contributed by atoms with Crippen LogP contribution in [-0.4, -0.2) is 55.6 Å². The van der Waals surface area contributed by atoms with Gasteiger partial charge in [-0.2, -0.15) is 18.2 Å². The van der Waals surface area contributed by atoms with Crippen LogP contribution in [0.2, 0.25) is 0 Å². The zero-order valence-corrected chi connectivity index (χ0v) is 13.7. The molecule has 1 amide bonds. The standard InChI is InChI=1S/C14H16F3N5O5/c15-14(16,17)12(26)19-2-5-3-22(8-1-6(24)7(4-23)27-8)10-9(5)11(25)21-13(18)20-10/h3,6-8,23-24H,1-2,4H2,(H,19,26)(H3,18,20,21,25). The van der Waals surface area contributed by atoms with Crippen LogP contribution in [0, 0.1) is 0 Å². The highest BCUT2D eigenvalue weighted by atomic mass is 19.4. The van der Waals surface area contributed by atoms with Crippen LogP contribution in [0.25, 0.3) is 11.0 Å². The van der Waals surface area contributed by atoms with Crippen molar-refractivity contribution in [2.24, 2.45) is 0 Å². The molecule has 3 atom stereocenters. The molecule has 148 valence electrons. The minimum Gasteiger partial charge on any atom is -0.394 e. The Balaban J connectivity index is 2.00. The van der Waals surface area contributed by atoms with Gasteiger partial charge in [-0.05, 0) is 0 Å². The number of carbonyl (C=O) groups excluding carboxylic acids is 1. The average molecular weight is 391 g/mol. The molecule has 0 radical (unpaired) electrons. The van der Waals surface area contributed by atoms with Gasteiger partial charge >= 0.3 is 12.1 Å². The number of nitrogens with zero attached hydrogens (tertiary/aromatic N) is 2. The lowest BCUT2D eigenvalue weighted by Gasteiger charge is -2.14. The van der Waals surface area contributed by atoms with Crippen LogP contribution in [0.3, 0.4) is 0 Å². The van der Waals surface area contributed by atoms with Gasteiger partial charge < -0.3 is 30.6 Å². The predicted octanol–water partition coefficient (Wildman–Crippen LogP) is -0.874. The van der Waals surface area contributed by atoms with Gasteiger partial charge in [-0.1, -0.05) is 0 Å². The number of carbonyl (C=O) groups is 1. The number of aromatic nitrogens is 3. The first kappa shape index (κ1) is 19.1. The Morgan fingerprint density at radius 3 is 2.81 bits per heavy atom. The monoisotopic (exact) mass is 391 g/mol. The van der Waals surface area contributed by atoms with Gasteiger partial charge in [0.1, 0.15) is 12.3 Å². The molecule has 13 heteroatoms. The van der Waals surface area contributed by atoms with Crippen LogP contribution in [0.4, 0.5) is 19.1 Å². The molecule has 6 N–H and O–H groups in total. The number of halogens is 3. The Kier molecular flexibility index (Phi) is 4.84. The molecule has 0 bridgehead atoms. The minimum absolute atomic E-state index is 0.0169. The Morgan fingerprint density at radius 2 is 2.22 bits per heavy atom. The summed E-state index contributed by atoms with van der Waals surface area (Å²) in [7, 11) is 0. The summed E-state index contributed by atoms with van der Waals surface area (Å²) >= 11 is 0. The van der Waals surface area contributed by atoms with Crippen molar-refractivity contribution in [3.05, 3.63) is 22.1 Å². The van der Waals surface area contributed by atoms with Gasteiger partial charge in [0.25, 0.3) is 5.56 Å². The van der Waals surface area contributed by atoms with E-state index in [1.807, 2.05) is 0 Å². The third kappa shape index (κ3) is 3.61. The Hall–Kier alpha value is -2.64. The van der Waals surface area contributed by atoms with E-state index < -0.39 is 49.2 Å². The summed E-state index contributed by atoms with van der Waals surface area (Å²) in [5.41, 5.74) is 4.90. The van der Waals surface area contributed by atoms with Gasteiger partial charge in [0, 0.05) is 24.7 Å². The summed E-state index contributed by atoms with van der Waals surface area (Å²) in [5.74, 6) is -2.38. The molecule has 1 aliphatic rings. The number of ether oxygens (including phenoxy) is 1. The number of nitrogens with two attached hydrogens (primary N) is 1. The molecule has 1 fully saturated rings. The summed E-state index contributed by atoms with van der Waals surface area (Å²) in [6.45, 7) is -1.03. The molecule has 10 nitrogen and oxygen atoms in total. The van der Waals surface area contributed by atoms with Crippen LogP contribution in [0.5, 0.6) is 0 Å². The molecule has 3 rings (SSSR count). The highest BCUT2D eigenvalue weighted by Crippen LogP contribution is 2.32. The maximum atomic E-state index is 12.4. The molecule has 1 saturated heterocycles. The molecular formula is C14H16F3N5O5. The number of nitrogen functional groups attached to an aromatic ring is 1. The molecular weight excluding hydrogens is 375 g/mol. The largest absolute Gasteiger partial charge is 0.471 e. The van der Waals surface area contributed by atoms with Gasteiger partial charge in [0.05, 0.1) is 18.1 Å². The molecule has 27 heavy (non-hydrogen) atoms. The van der Waals surface area contributed by atoms with E-state index in [-0.39, 0.29) is 29.0 Å². The van der Waals surface area contributed by atoms with E-state index in [0.29, 0.717) is 0 Å². The minimum atomic E-state index is -5.07. The molecule has 3 unspecified atom stereocenters. The highest BCUT2D eigenvalue weighted by molar-refractivity contribution is 5.84. The zero-order chi connectivity index (χ0) is 19.9. The lowest BCUT2D eigenvalue weighted by molar-refractivity contribution is -0.173. The lowest BCUT2D eigenvalue weighted by Crippen LogP contribution is -2.36. The first-order valence-electron chi connectivity index (χ1n) is 7.80. The number of aromatic amines is 1. The molecule has 0 saturated carbocycles. The van der Waals surface area contributed by atoms with Crippen LogP contribution in [-0.2, 0) is 16.1 Å². The number of amides is 1. The average Bonchev–Trinajstić information content (AvgIpc) is 3.11. The van der Waals surface area contributed by atoms with Gasteiger partial charge in [0.15, 0.2) is 5.65 Å². The number of nitrogens with one attached hydrogen (secondary N) is 2.